The lowest BCUT2D eigenvalue weighted by Crippen LogP contribution is -2.05. The van der Waals surface area contributed by atoms with Crippen LogP contribution in [-0.2, 0) is 6.18 Å². The molecule has 22 heavy (non-hydrogen) atoms. The molecule has 0 amide bonds. The molecule has 0 saturated heterocycles. The molecule has 0 atom stereocenters. The fourth-order valence-corrected chi connectivity index (χ4v) is 2.14. The van der Waals surface area contributed by atoms with Gasteiger partial charge in [-0.1, -0.05) is 17.3 Å². The summed E-state index contributed by atoms with van der Waals surface area (Å²) in [7, 11) is 0. The molecular formula is C14H9F3N4O. The number of fused-ring (bicyclic) bond motifs is 1. The fourth-order valence-electron chi connectivity index (χ4n) is 2.14. The van der Waals surface area contributed by atoms with E-state index in [0.29, 0.717) is 22.5 Å². The van der Waals surface area contributed by atoms with E-state index in [4.69, 9.17) is 5.21 Å². The highest BCUT2D eigenvalue weighted by atomic mass is 19.4. The Kier molecular flexibility index (Phi) is 3.28. The number of hydrogen-bond donors (Lipinski definition) is 1. The van der Waals surface area contributed by atoms with Crippen LogP contribution in [0.2, 0.25) is 0 Å². The van der Waals surface area contributed by atoms with Crippen LogP contribution in [0.5, 0.6) is 0 Å². The summed E-state index contributed by atoms with van der Waals surface area (Å²) in [5.41, 5.74) is 0.912. The second-order valence-corrected chi connectivity index (χ2v) is 4.49. The highest BCUT2D eigenvalue weighted by Crippen LogP contribution is 2.32. The summed E-state index contributed by atoms with van der Waals surface area (Å²) in [6, 6.07) is 6.52. The average molecular weight is 306 g/mol. The molecule has 0 aliphatic rings. The normalized spacial score (nSPS) is 12.3. The van der Waals surface area contributed by atoms with Crippen molar-refractivity contribution < 1.29 is 18.4 Å². The summed E-state index contributed by atoms with van der Waals surface area (Å²) in [4.78, 5) is 4.09. The van der Waals surface area contributed by atoms with Gasteiger partial charge in [-0.15, -0.1) is 0 Å². The summed E-state index contributed by atoms with van der Waals surface area (Å²) in [6.45, 7) is 0. The van der Waals surface area contributed by atoms with Crippen LogP contribution in [0.15, 0.2) is 47.9 Å². The predicted octanol–water partition coefficient (Wildman–Crippen LogP) is 3.22. The standard InChI is InChI=1S/C14H9F3N4O/c15-14(16,17)11-3-1-2-9(6-11)12-4-5-18-13-10(8-20-22)7-19-21(12)13/h1-8,22H/b20-8+. The third-order valence-corrected chi connectivity index (χ3v) is 3.11. The molecule has 0 fully saturated rings. The van der Waals surface area contributed by atoms with E-state index < -0.39 is 11.7 Å². The van der Waals surface area contributed by atoms with Gasteiger partial charge in [0.15, 0.2) is 5.65 Å². The van der Waals surface area contributed by atoms with E-state index in [1.54, 1.807) is 12.1 Å². The monoisotopic (exact) mass is 306 g/mol. The SMILES string of the molecule is O/N=C/c1cnn2c(-c3cccc(C(F)(F)F)c3)ccnc12. The number of rotatable bonds is 2. The maximum atomic E-state index is 12.8. The van der Waals surface area contributed by atoms with Gasteiger partial charge in [-0.2, -0.15) is 18.3 Å². The zero-order valence-corrected chi connectivity index (χ0v) is 11.0. The highest BCUT2D eigenvalue weighted by molar-refractivity contribution is 5.87. The Bertz CT molecular complexity index is 855. The number of oxime groups is 1. The maximum absolute atomic E-state index is 12.8. The Labute approximate surface area is 122 Å². The number of hydrogen-bond acceptors (Lipinski definition) is 4. The van der Waals surface area contributed by atoms with Gasteiger partial charge in [-0.3, -0.25) is 0 Å². The zero-order valence-electron chi connectivity index (χ0n) is 11.0. The molecule has 0 unspecified atom stereocenters. The Hall–Kier alpha value is -2.90. The largest absolute Gasteiger partial charge is 0.416 e. The van der Waals surface area contributed by atoms with E-state index in [9.17, 15) is 13.2 Å². The van der Waals surface area contributed by atoms with Crippen molar-refractivity contribution in [1.29, 1.82) is 0 Å². The lowest BCUT2D eigenvalue weighted by molar-refractivity contribution is -0.137. The molecule has 1 N–H and O–H groups in total. The second-order valence-electron chi connectivity index (χ2n) is 4.49. The van der Waals surface area contributed by atoms with Crippen molar-refractivity contribution in [2.24, 2.45) is 5.16 Å². The molecule has 0 spiro atoms. The van der Waals surface area contributed by atoms with Gasteiger partial charge in [-0.25, -0.2) is 9.50 Å². The van der Waals surface area contributed by atoms with Crippen LogP contribution in [-0.4, -0.2) is 26.0 Å². The minimum atomic E-state index is -4.42. The van der Waals surface area contributed by atoms with E-state index in [1.807, 2.05) is 0 Å². The van der Waals surface area contributed by atoms with Crippen LogP contribution in [0.3, 0.4) is 0 Å². The first-order chi connectivity index (χ1) is 10.5. The quantitative estimate of drug-likeness (QED) is 0.449. The molecule has 112 valence electrons. The molecule has 0 aliphatic carbocycles. The van der Waals surface area contributed by atoms with Gasteiger partial charge in [-0.05, 0) is 18.2 Å². The number of alkyl halides is 3. The molecule has 0 radical (unpaired) electrons. The van der Waals surface area contributed by atoms with Crippen molar-refractivity contribution in [1.82, 2.24) is 14.6 Å². The Morgan fingerprint density at radius 2 is 2.05 bits per heavy atom. The van der Waals surface area contributed by atoms with Crippen LogP contribution in [0.4, 0.5) is 13.2 Å². The molecule has 3 aromatic rings. The lowest BCUT2D eigenvalue weighted by Gasteiger charge is -2.09. The van der Waals surface area contributed by atoms with Crippen LogP contribution >= 0.6 is 0 Å². The van der Waals surface area contributed by atoms with Crippen LogP contribution in [0.25, 0.3) is 16.9 Å². The Morgan fingerprint density at radius 1 is 1.23 bits per heavy atom. The van der Waals surface area contributed by atoms with Gasteiger partial charge in [0, 0.05) is 11.8 Å². The third-order valence-electron chi connectivity index (χ3n) is 3.11. The average Bonchev–Trinajstić information content (AvgIpc) is 2.90. The fraction of sp³-hybridized carbons (Fsp3) is 0.0714. The van der Waals surface area contributed by atoms with Crippen LogP contribution < -0.4 is 0 Å². The van der Waals surface area contributed by atoms with E-state index in [1.165, 1.54) is 23.0 Å². The van der Waals surface area contributed by atoms with Gasteiger partial charge in [0.1, 0.15) is 0 Å². The molecule has 5 nitrogen and oxygen atoms in total. The van der Waals surface area contributed by atoms with Crippen molar-refractivity contribution >= 4 is 11.9 Å². The van der Waals surface area contributed by atoms with Gasteiger partial charge in [0.25, 0.3) is 0 Å². The van der Waals surface area contributed by atoms with Crippen molar-refractivity contribution in [2.75, 3.05) is 0 Å². The number of aromatic nitrogens is 3. The molecular weight excluding hydrogens is 297 g/mol. The third kappa shape index (κ3) is 2.39. The first kappa shape index (κ1) is 14.1. The Morgan fingerprint density at radius 3 is 2.77 bits per heavy atom. The van der Waals surface area contributed by atoms with Gasteiger partial charge in [0.2, 0.25) is 0 Å². The summed E-state index contributed by atoms with van der Waals surface area (Å²) in [5, 5.41) is 15.6. The van der Waals surface area contributed by atoms with Crippen LogP contribution in [0, 0.1) is 0 Å². The van der Waals surface area contributed by atoms with E-state index in [0.717, 1.165) is 18.3 Å². The van der Waals surface area contributed by atoms with Crippen molar-refractivity contribution in [3.05, 3.63) is 53.9 Å². The summed E-state index contributed by atoms with van der Waals surface area (Å²) in [5.74, 6) is 0. The molecule has 3 rings (SSSR count). The number of benzene rings is 1. The van der Waals surface area contributed by atoms with E-state index >= 15 is 0 Å². The maximum Gasteiger partial charge on any atom is 0.416 e. The summed E-state index contributed by atoms with van der Waals surface area (Å²) in [6.07, 6.45) is -0.382. The van der Waals surface area contributed by atoms with Gasteiger partial charge in [0.05, 0.1) is 29.2 Å². The van der Waals surface area contributed by atoms with Crippen molar-refractivity contribution in [2.45, 2.75) is 6.18 Å². The lowest BCUT2D eigenvalue weighted by atomic mass is 10.1. The minimum absolute atomic E-state index is 0.359. The second kappa shape index (κ2) is 5.14. The summed E-state index contributed by atoms with van der Waals surface area (Å²) < 4.78 is 39.9. The van der Waals surface area contributed by atoms with Gasteiger partial charge >= 0.3 is 6.18 Å². The summed E-state index contributed by atoms with van der Waals surface area (Å²) >= 11 is 0. The smallest absolute Gasteiger partial charge is 0.411 e. The molecule has 0 saturated carbocycles. The van der Waals surface area contributed by atoms with Crippen molar-refractivity contribution in [3.63, 3.8) is 0 Å². The zero-order chi connectivity index (χ0) is 15.7. The Balaban J connectivity index is 2.19. The van der Waals surface area contributed by atoms with Crippen LogP contribution in [0.1, 0.15) is 11.1 Å². The predicted molar refractivity (Wildman–Crippen MR) is 72.8 cm³/mol. The molecule has 8 heteroatoms. The molecule has 1 aromatic carbocycles. The highest BCUT2D eigenvalue weighted by Gasteiger charge is 2.30. The van der Waals surface area contributed by atoms with Crippen molar-refractivity contribution in [3.8, 4) is 11.3 Å². The first-order valence-electron chi connectivity index (χ1n) is 6.18. The van der Waals surface area contributed by atoms with E-state index in [-0.39, 0.29) is 0 Å². The number of halogens is 3. The molecule has 0 bridgehead atoms. The molecule has 2 heterocycles. The molecule has 2 aromatic heterocycles. The van der Waals surface area contributed by atoms with Gasteiger partial charge < -0.3 is 5.21 Å². The topological polar surface area (TPSA) is 62.8 Å². The minimum Gasteiger partial charge on any atom is -0.411 e. The molecule has 0 aliphatic heterocycles. The van der Waals surface area contributed by atoms with E-state index in [2.05, 4.69) is 15.2 Å². The first-order valence-corrected chi connectivity index (χ1v) is 6.18. The number of nitrogens with zero attached hydrogens (tertiary/aromatic N) is 4.